The Kier molecular flexibility index (Phi) is 5.56. The van der Waals surface area contributed by atoms with Crippen molar-refractivity contribution in [2.75, 3.05) is 27.8 Å². The molecule has 3 N–H and O–H groups in total. The van der Waals surface area contributed by atoms with Gasteiger partial charge in [-0.3, -0.25) is 9.69 Å². The SMILES string of the molecule is CNC1(C(N)=O)CCCC(N(C)C(C)COC)C1. The van der Waals surface area contributed by atoms with Gasteiger partial charge in [0, 0.05) is 19.2 Å². The molecule has 0 aliphatic heterocycles. The number of carbonyl (C=O) groups excluding carboxylic acids is 1. The summed E-state index contributed by atoms with van der Waals surface area (Å²) in [6.07, 6.45) is 3.75. The summed E-state index contributed by atoms with van der Waals surface area (Å²) in [4.78, 5) is 14.0. The minimum atomic E-state index is -0.538. The summed E-state index contributed by atoms with van der Waals surface area (Å²) in [5.74, 6) is -0.234. The predicted octanol–water partition coefficient (Wildman–Crippen LogP) is 0.339. The van der Waals surface area contributed by atoms with Gasteiger partial charge in [-0.25, -0.2) is 0 Å². The molecule has 0 spiro atoms. The van der Waals surface area contributed by atoms with Crippen LogP contribution in [0.3, 0.4) is 0 Å². The summed E-state index contributed by atoms with van der Waals surface area (Å²) in [5.41, 5.74) is 5.03. The van der Waals surface area contributed by atoms with Crippen LogP contribution in [0.2, 0.25) is 0 Å². The molecule has 1 aliphatic carbocycles. The summed E-state index contributed by atoms with van der Waals surface area (Å²) in [6, 6.07) is 0.726. The number of nitrogens with one attached hydrogen (secondary N) is 1. The van der Waals surface area contributed by atoms with E-state index in [-0.39, 0.29) is 5.91 Å². The number of ether oxygens (including phenoxy) is 1. The molecular weight excluding hydrogens is 230 g/mol. The van der Waals surface area contributed by atoms with Gasteiger partial charge < -0.3 is 15.8 Å². The monoisotopic (exact) mass is 257 g/mol. The zero-order valence-corrected chi connectivity index (χ0v) is 12.0. The molecule has 1 aliphatic rings. The van der Waals surface area contributed by atoms with E-state index in [9.17, 15) is 4.79 Å². The molecule has 0 aromatic rings. The Balaban J connectivity index is 2.71. The predicted molar refractivity (Wildman–Crippen MR) is 72.3 cm³/mol. The van der Waals surface area contributed by atoms with E-state index >= 15 is 0 Å². The number of likely N-dealkylation sites (N-methyl/N-ethyl adjacent to an activating group) is 2. The van der Waals surface area contributed by atoms with Crippen molar-refractivity contribution in [3.63, 3.8) is 0 Å². The average Bonchev–Trinajstić information content (AvgIpc) is 2.37. The van der Waals surface area contributed by atoms with Gasteiger partial charge in [0.25, 0.3) is 0 Å². The van der Waals surface area contributed by atoms with Crippen LogP contribution in [-0.4, -0.2) is 56.2 Å². The van der Waals surface area contributed by atoms with Crippen LogP contribution < -0.4 is 11.1 Å². The molecule has 1 fully saturated rings. The number of nitrogens with zero attached hydrogens (tertiary/aromatic N) is 1. The van der Waals surface area contributed by atoms with E-state index in [1.807, 2.05) is 7.05 Å². The number of hydrogen-bond acceptors (Lipinski definition) is 4. The van der Waals surface area contributed by atoms with E-state index in [0.717, 1.165) is 25.7 Å². The smallest absolute Gasteiger partial charge is 0.237 e. The van der Waals surface area contributed by atoms with E-state index in [0.29, 0.717) is 18.7 Å². The first-order valence-electron chi connectivity index (χ1n) is 6.66. The Bertz CT molecular complexity index is 285. The van der Waals surface area contributed by atoms with Gasteiger partial charge in [0.15, 0.2) is 0 Å². The van der Waals surface area contributed by atoms with Crippen LogP contribution in [0.1, 0.15) is 32.6 Å². The standard InChI is InChI=1S/C13H27N3O2/c1-10(9-18-4)16(3)11-6-5-7-13(8-11,15-2)12(14)17/h10-11,15H,5-9H2,1-4H3,(H2,14,17). The number of rotatable bonds is 6. The molecule has 0 saturated heterocycles. The van der Waals surface area contributed by atoms with Crippen molar-refractivity contribution in [1.29, 1.82) is 0 Å². The maximum absolute atomic E-state index is 11.7. The largest absolute Gasteiger partial charge is 0.383 e. The van der Waals surface area contributed by atoms with Gasteiger partial charge in [-0.2, -0.15) is 0 Å². The summed E-state index contributed by atoms with van der Waals surface area (Å²) >= 11 is 0. The fraction of sp³-hybridized carbons (Fsp3) is 0.923. The first kappa shape index (κ1) is 15.4. The minimum absolute atomic E-state index is 0.234. The van der Waals surface area contributed by atoms with Crippen molar-refractivity contribution in [2.45, 2.75) is 50.2 Å². The Morgan fingerprint density at radius 2 is 2.33 bits per heavy atom. The molecule has 1 saturated carbocycles. The molecule has 106 valence electrons. The molecule has 5 heteroatoms. The van der Waals surface area contributed by atoms with Gasteiger partial charge in [-0.05, 0) is 46.7 Å². The van der Waals surface area contributed by atoms with Crippen LogP contribution in [0.25, 0.3) is 0 Å². The molecule has 18 heavy (non-hydrogen) atoms. The lowest BCUT2D eigenvalue weighted by Gasteiger charge is -2.43. The molecule has 0 aromatic heterocycles. The fourth-order valence-corrected chi connectivity index (χ4v) is 2.89. The first-order valence-corrected chi connectivity index (χ1v) is 6.66. The molecule has 0 radical (unpaired) electrons. The van der Waals surface area contributed by atoms with Crippen molar-refractivity contribution < 1.29 is 9.53 Å². The second kappa shape index (κ2) is 6.50. The number of nitrogens with two attached hydrogens (primary N) is 1. The summed E-state index contributed by atoms with van der Waals surface area (Å²) in [6.45, 7) is 2.85. The van der Waals surface area contributed by atoms with Gasteiger partial charge in [-0.15, -0.1) is 0 Å². The fourth-order valence-electron chi connectivity index (χ4n) is 2.89. The van der Waals surface area contributed by atoms with Crippen molar-refractivity contribution in [2.24, 2.45) is 5.73 Å². The van der Waals surface area contributed by atoms with E-state index in [4.69, 9.17) is 10.5 Å². The highest BCUT2D eigenvalue weighted by atomic mass is 16.5. The maximum atomic E-state index is 11.7. The number of carbonyl (C=O) groups is 1. The highest BCUT2D eigenvalue weighted by Gasteiger charge is 2.41. The molecular formula is C13H27N3O2. The Morgan fingerprint density at radius 3 is 2.83 bits per heavy atom. The van der Waals surface area contributed by atoms with Crippen LogP contribution in [-0.2, 0) is 9.53 Å². The summed E-state index contributed by atoms with van der Waals surface area (Å²) in [5, 5.41) is 3.14. The van der Waals surface area contributed by atoms with Crippen molar-refractivity contribution >= 4 is 5.91 Å². The van der Waals surface area contributed by atoms with Crippen LogP contribution in [0.4, 0.5) is 0 Å². The zero-order chi connectivity index (χ0) is 13.8. The van der Waals surface area contributed by atoms with Crippen LogP contribution in [0.5, 0.6) is 0 Å². The second-order valence-corrected chi connectivity index (χ2v) is 5.42. The van der Waals surface area contributed by atoms with Crippen molar-refractivity contribution in [3.8, 4) is 0 Å². The number of amides is 1. The summed E-state index contributed by atoms with van der Waals surface area (Å²) < 4.78 is 5.19. The van der Waals surface area contributed by atoms with E-state index < -0.39 is 5.54 Å². The molecule has 3 unspecified atom stereocenters. The molecule has 1 rings (SSSR count). The molecule has 5 nitrogen and oxygen atoms in total. The molecule has 1 amide bonds. The lowest BCUT2D eigenvalue weighted by atomic mass is 9.77. The van der Waals surface area contributed by atoms with Gasteiger partial charge in [-0.1, -0.05) is 0 Å². The quantitative estimate of drug-likeness (QED) is 0.720. The van der Waals surface area contributed by atoms with Crippen LogP contribution in [0.15, 0.2) is 0 Å². The normalized spacial score (nSPS) is 30.4. The zero-order valence-electron chi connectivity index (χ0n) is 12.0. The maximum Gasteiger partial charge on any atom is 0.237 e. The van der Waals surface area contributed by atoms with Crippen LogP contribution >= 0.6 is 0 Å². The van der Waals surface area contributed by atoms with E-state index in [1.165, 1.54) is 0 Å². The van der Waals surface area contributed by atoms with E-state index in [1.54, 1.807) is 7.11 Å². The van der Waals surface area contributed by atoms with Crippen molar-refractivity contribution in [3.05, 3.63) is 0 Å². The van der Waals surface area contributed by atoms with Gasteiger partial charge in [0.05, 0.1) is 12.1 Å². The third-order valence-electron chi connectivity index (χ3n) is 4.35. The third-order valence-corrected chi connectivity index (χ3v) is 4.35. The molecule has 0 aromatic carbocycles. The molecule has 3 atom stereocenters. The highest BCUT2D eigenvalue weighted by molar-refractivity contribution is 5.84. The average molecular weight is 257 g/mol. The van der Waals surface area contributed by atoms with Crippen LogP contribution in [0, 0.1) is 0 Å². The summed E-state index contributed by atoms with van der Waals surface area (Å²) in [7, 11) is 5.64. The second-order valence-electron chi connectivity index (χ2n) is 5.42. The number of methoxy groups -OCH3 is 1. The number of hydrogen-bond donors (Lipinski definition) is 2. The highest BCUT2D eigenvalue weighted by Crippen LogP contribution is 2.31. The Hall–Kier alpha value is -0.650. The minimum Gasteiger partial charge on any atom is -0.383 e. The van der Waals surface area contributed by atoms with E-state index in [2.05, 4.69) is 24.2 Å². The van der Waals surface area contributed by atoms with Gasteiger partial charge in [0.1, 0.15) is 0 Å². The molecule has 0 heterocycles. The van der Waals surface area contributed by atoms with Gasteiger partial charge >= 0.3 is 0 Å². The first-order chi connectivity index (χ1) is 8.46. The lowest BCUT2D eigenvalue weighted by molar-refractivity contribution is -0.126. The lowest BCUT2D eigenvalue weighted by Crippen LogP contribution is -2.60. The Labute approximate surface area is 110 Å². The third kappa shape index (κ3) is 3.22. The Morgan fingerprint density at radius 1 is 1.67 bits per heavy atom. The van der Waals surface area contributed by atoms with Crippen molar-refractivity contribution in [1.82, 2.24) is 10.2 Å². The van der Waals surface area contributed by atoms with Gasteiger partial charge in [0.2, 0.25) is 5.91 Å². The molecule has 0 bridgehead atoms. The number of primary amides is 1. The topological polar surface area (TPSA) is 67.6 Å².